The Morgan fingerprint density at radius 2 is 2.29 bits per heavy atom. The van der Waals surface area contributed by atoms with Gasteiger partial charge in [0.15, 0.2) is 0 Å². The number of ether oxygens (including phenoxy) is 1. The lowest BCUT2D eigenvalue weighted by molar-refractivity contribution is 0.0483. The van der Waals surface area contributed by atoms with Crippen molar-refractivity contribution in [2.24, 2.45) is 0 Å². The number of carbonyl (C=O) groups excluding carboxylic acids is 1. The van der Waals surface area contributed by atoms with Crippen molar-refractivity contribution in [2.75, 3.05) is 6.61 Å². The lowest BCUT2D eigenvalue weighted by Crippen LogP contribution is -2.03. The van der Waals surface area contributed by atoms with Gasteiger partial charge in [0.1, 0.15) is 5.52 Å². The van der Waals surface area contributed by atoms with Gasteiger partial charge in [-0.05, 0) is 19.1 Å². The van der Waals surface area contributed by atoms with E-state index in [-0.39, 0.29) is 5.76 Å². The molecule has 0 bridgehead atoms. The molecular formula is C10H9NO3. The van der Waals surface area contributed by atoms with Crippen LogP contribution in [0.25, 0.3) is 10.9 Å². The highest BCUT2D eigenvalue weighted by Crippen LogP contribution is 2.18. The van der Waals surface area contributed by atoms with E-state index in [0.29, 0.717) is 17.5 Å². The molecule has 0 radical (unpaired) electrons. The van der Waals surface area contributed by atoms with Gasteiger partial charge >= 0.3 is 5.97 Å². The van der Waals surface area contributed by atoms with Gasteiger partial charge in [-0.2, -0.15) is 0 Å². The average Bonchev–Trinajstić information content (AvgIpc) is 2.61. The Bertz CT molecular complexity index is 461. The van der Waals surface area contributed by atoms with Gasteiger partial charge in [0.05, 0.1) is 12.0 Å². The van der Waals surface area contributed by atoms with Crippen molar-refractivity contribution in [2.45, 2.75) is 6.92 Å². The van der Waals surface area contributed by atoms with Crippen molar-refractivity contribution >= 4 is 16.9 Å². The molecule has 72 valence electrons. The van der Waals surface area contributed by atoms with Crippen molar-refractivity contribution in [1.82, 2.24) is 5.16 Å². The molecule has 1 aromatic carbocycles. The third-order valence-corrected chi connectivity index (χ3v) is 1.84. The van der Waals surface area contributed by atoms with E-state index in [4.69, 9.17) is 9.26 Å². The number of esters is 1. The van der Waals surface area contributed by atoms with Gasteiger partial charge in [0, 0.05) is 0 Å². The zero-order chi connectivity index (χ0) is 9.97. The Hall–Kier alpha value is -1.84. The second-order valence-electron chi connectivity index (χ2n) is 2.75. The van der Waals surface area contributed by atoms with E-state index < -0.39 is 5.97 Å². The fraction of sp³-hybridized carbons (Fsp3) is 0.200. The minimum atomic E-state index is -0.471. The first-order valence-corrected chi connectivity index (χ1v) is 4.34. The average molecular weight is 191 g/mol. The maximum absolute atomic E-state index is 11.4. The molecule has 2 aromatic rings. The normalized spacial score (nSPS) is 10.4. The van der Waals surface area contributed by atoms with Crippen molar-refractivity contribution in [3.05, 3.63) is 30.0 Å². The summed E-state index contributed by atoms with van der Waals surface area (Å²) >= 11 is 0. The van der Waals surface area contributed by atoms with E-state index in [0.717, 1.165) is 0 Å². The summed E-state index contributed by atoms with van der Waals surface area (Å²) in [5.74, 6) is -0.302. The first-order chi connectivity index (χ1) is 6.83. The number of benzene rings is 1. The van der Waals surface area contributed by atoms with E-state index in [9.17, 15) is 4.79 Å². The first kappa shape index (κ1) is 8.74. The van der Waals surface area contributed by atoms with E-state index in [2.05, 4.69) is 5.16 Å². The Morgan fingerprint density at radius 1 is 1.50 bits per heavy atom. The van der Waals surface area contributed by atoms with Gasteiger partial charge in [0.25, 0.3) is 5.76 Å². The van der Waals surface area contributed by atoms with Crippen molar-refractivity contribution in [3.8, 4) is 0 Å². The minimum absolute atomic E-state index is 0.169. The Morgan fingerprint density at radius 3 is 3.07 bits per heavy atom. The lowest BCUT2D eigenvalue weighted by Gasteiger charge is -1.96. The molecule has 14 heavy (non-hydrogen) atoms. The number of carbonyl (C=O) groups is 1. The van der Waals surface area contributed by atoms with Crippen molar-refractivity contribution < 1.29 is 14.1 Å². The SMILES string of the molecule is CCOC(=O)c1onc2ccccc12. The fourth-order valence-electron chi connectivity index (χ4n) is 1.23. The molecule has 1 heterocycles. The number of aromatic nitrogens is 1. The highest BCUT2D eigenvalue weighted by molar-refractivity contribution is 6.00. The van der Waals surface area contributed by atoms with Crippen LogP contribution in [0.5, 0.6) is 0 Å². The van der Waals surface area contributed by atoms with Crippen molar-refractivity contribution in [3.63, 3.8) is 0 Å². The second-order valence-corrected chi connectivity index (χ2v) is 2.75. The highest BCUT2D eigenvalue weighted by atomic mass is 16.6. The van der Waals surface area contributed by atoms with Crippen LogP contribution < -0.4 is 0 Å². The summed E-state index contributed by atoms with van der Waals surface area (Å²) in [6, 6.07) is 7.21. The Balaban J connectivity index is 2.47. The van der Waals surface area contributed by atoms with Gasteiger partial charge in [0.2, 0.25) is 0 Å². The summed E-state index contributed by atoms with van der Waals surface area (Å²) in [5.41, 5.74) is 0.663. The third-order valence-electron chi connectivity index (χ3n) is 1.84. The Kier molecular flexibility index (Phi) is 2.18. The zero-order valence-electron chi connectivity index (χ0n) is 7.69. The topological polar surface area (TPSA) is 52.3 Å². The predicted molar refractivity (Wildman–Crippen MR) is 50.0 cm³/mol. The van der Waals surface area contributed by atoms with Crippen LogP contribution in [0.4, 0.5) is 0 Å². The molecule has 0 aliphatic carbocycles. The molecule has 0 N–H and O–H groups in total. The van der Waals surface area contributed by atoms with Crippen LogP contribution >= 0.6 is 0 Å². The van der Waals surface area contributed by atoms with E-state index in [1.165, 1.54) is 0 Å². The Labute approximate surface area is 80.4 Å². The van der Waals surface area contributed by atoms with Gasteiger partial charge in [-0.1, -0.05) is 17.3 Å². The van der Waals surface area contributed by atoms with Crippen LogP contribution in [0.15, 0.2) is 28.8 Å². The summed E-state index contributed by atoms with van der Waals surface area (Å²) in [4.78, 5) is 11.4. The van der Waals surface area contributed by atoms with E-state index in [1.54, 1.807) is 19.1 Å². The maximum atomic E-state index is 11.4. The third kappa shape index (κ3) is 1.35. The summed E-state index contributed by atoms with van der Waals surface area (Å²) in [6.07, 6.45) is 0. The molecule has 0 fully saturated rings. The molecule has 0 aliphatic heterocycles. The quantitative estimate of drug-likeness (QED) is 0.681. The maximum Gasteiger partial charge on any atom is 0.377 e. The smallest absolute Gasteiger partial charge is 0.377 e. The first-order valence-electron chi connectivity index (χ1n) is 4.34. The molecular weight excluding hydrogens is 182 g/mol. The number of rotatable bonds is 2. The number of nitrogens with zero attached hydrogens (tertiary/aromatic N) is 1. The fourth-order valence-corrected chi connectivity index (χ4v) is 1.23. The summed E-state index contributed by atoms with van der Waals surface area (Å²) in [5, 5.41) is 4.43. The number of hydrogen-bond donors (Lipinski definition) is 0. The number of hydrogen-bond acceptors (Lipinski definition) is 4. The van der Waals surface area contributed by atoms with E-state index >= 15 is 0 Å². The molecule has 0 unspecified atom stereocenters. The molecule has 2 rings (SSSR count). The predicted octanol–water partition coefficient (Wildman–Crippen LogP) is 2.00. The van der Waals surface area contributed by atoms with E-state index in [1.807, 2.05) is 12.1 Å². The molecule has 1 aromatic heterocycles. The zero-order valence-corrected chi connectivity index (χ0v) is 7.69. The lowest BCUT2D eigenvalue weighted by atomic mass is 10.2. The minimum Gasteiger partial charge on any atom is -0.460 e. The van der Waals surface area contributed by atoms with Gasteiger partial charge < -0.3 is 9.26 Å². The molecule has 0 saturated heterocycles. The van der Waals surface area contributed by atoms with Gasteiger partial charge in [-0.25, -0.2) is 4.79 Å². The van der Waals surface area contributed by atoms with Crippen LogP contribution in [0, 0.1) is 0 Å². The van der Waals surface area contributed by atoms with Crippen LogP contribution in [0.1, 0.15) is 17.5 Å². The summed E-state index contributed by atoms with van der Waals surface area (Å²) < 4.78 is 9.73. The molecule has 0 aliphatic rings. The molecule has 0 atom stereocenters. The van der Waals surface area contributed by atoms with Gasteiger partial charge in [-0.15, -0.1) is 0 Å². The van der Waals surface area contributed by atoms with Crippen LogP contribution in [0.3, 0.4) is 0 Å². The van der Waals surface area contributed by atoms with Crippen LogP contribution in [-0.4, -0.2) is 17.7 Å². The van der Waals surface area contributed by atoms with Crippen molar-refractivity contribution in [1.29, 1.82) is 0 Å². The second kappa shape index (κ2) is 3.49. The van der Waals surface area contributed by atoms with Crippen LogP contribution in [-0.2, 0) is 4.74 Å². The summed E-state index contributed by atoms with van der Waals surface area (Å²) in [6.45, 7) is 2.07. The monoisotopic (exact) mass is 191 g/mol. The highest BCUT2D eigenvalue weighted by Gasteiger charge is 2.16. The molecule has 0 spiro atoms. The summed E-state index contributed by atoms with van der Waals surface area (Å²) in [7, 11) is 0. The van der Waals surface area contributed by atoms with Crippen LogP contribution in [0.2, 0.25) is 0 Å². The molecule has 4 nitrogen and oxygen atoms in total. The number of fused-ring (bicyclic) bond motifs is 1. The van der Waals surface area contributed by atoms with Gasteiger partial charge in [-0.3, -0.25) is 0 Å². The largest absolute Gasteiger partial charge is 0.460 e. The standard InChI is InChI=1S/C10H9NO3/c1-2-13-10(12)9-7-5-3-4-6-8(7)11-14-9/h3-6H,2H2,1H3. The molecule has 4 heteroatoms. The molecule has 0 saturated carbocycles. The molecule has 0 amide bonds.